The lowest BCUT2D eigenvalue weighted by atomic mass is 10.2. The number of methoxy groups -OCH3 is 1. The smallest absolute Gasteiger partial charge is 0.150 e. The minimum Gasteiger partial charge on any atom is -0.484 e. The van der Waals surface area contributed by atoms with Gasteiger partial charge in [0.15, 0.2) is 0 Å². The molecule has 4 heteroatoms. The molecule has 0 spiro atoms. The van der Waals surface area contributed by atoms with Crippen LogP contribution in [0.3, 0.4) is 0 Å². The van der Waals surface area contributed by atoms with Crippen LogP contribution in [-0.2, 0) is 4.74 Å². The fraction of sp³-hybridized carbons (Fsp3) is 0.455. The molecule has 0 saturated heterocycles. The quantitative estimate of drug-likeness (QED) is 0.742. The summed E-state index contributed by atoms with van der Waals surface area (Å²) in [6.45, 7) is 1.15. The Morgan fingerprint density at radius 2 is 2.40 bits per heavy atom. The Bertz CT molecular complexity index is 356. The van der Waals surface area contributed by atoms with Crippen molar-refractivity contribution in [3.05, 3.63) is 24.0 Å². The number of nitrogens with zero attached hydrogens (tertiary/aromatic N) is 1. The summed E-state index contributed by atoms with van der Waals surface area (Å²) < 4.78 is 24.1. The number of rotatable bonds is 2. The van der Waals surface area contributed by atoms with E-state index in [2.05, 4.69) is 0 Å². The van der Waals surface area contributed by atoms with Crippen molar-refractivity contribution in [3.8, 4) is 5.75 Å². The van der Waals surface area contributed by atoms with Gasteiger partial charge in [0.25, 0.3) is 0 Å². The molecule has 0 radical (unpaired) electrons. The number of halogens is 1. The van der Waals surface area contributed by atoms with Crippen molar-refractivity contribution in [2.45, 2.75) is 6.10 Å². The molecule has 1 aromatic carbocycles. The molecule has 15 heavy (non-hydrogen) atoms. The SMILES string of the molecule is COC[C@@H]1CN(C)c2c(F)cccc2O1. The summed E-state index contributed by atoms with van der Waals surface area (Å²) in [7, 11) is 3.48. The monoisotopic (exact) mass is 211 g/mol. The summed E-state index contributed by atoms with van der Waals surface area (Å²) in [6.07, 6.45) is -0.0331. The Balaban J connectivity index is 2.28. The van der Waals surface area contributed by atoms with Crippen LogP contribution in [0.1, 0.15) is 0 Å². The van der Waals surface area contributed by atoms with E-state index in [1.165, 1.54) is 6.07 Å². The van der Waals surface area contributed by atoms with Crippen LogP contribution in [0.25, 0.3) is 0 Å². The average Bonchev–Trinajstić information content (AvgIpc) is 2.17. The van der Waals surface area contributed by atoms with Crippen LogP contribution in [-0.4, -0.2) is 33.4 Å². The maximum absolute atomic E-state index is 13.5. The van der Waals surface area contributed by atoms with Gasteiger partial charge in [0, 0.05) is 14.2 Å². The second-order valence-corrected chi connectivity index (χ2v) is 3.66. The third-order valence-corrected chi connectivity index (χ3v) is 2.46. The van der Waals surface area contributed by atoms with Gasteiger partial charge in [0.2, 0.25) is 0 Å². The molecule has 0 fully saturated rings. The van der Waals surface area contributed by atoms with Gasteiger partial charge in [-0.15, -0.1) is 0 Å². The summed E-state index contributed by atoms with van der Waals surface area (Å²) in [5, 5.41) is 0. The summed E-state index contributed by atoms with van der Waals surface area (Å²) in [6, 6.07) is 4.86. The zero-order valence-corrected chi connectivity index (χ0v) is 8.87. The first-order chi connectivity index (χ1) is 7.22. The normalized spacial score (nSPS) is 19.7. The molecule has 1 aliphatic heterocycles. The van der Waals surface area contributed by atoms with Crippen molar-refractivity contribution >= 4 is 5.69 Å². The highest BCUT2D eigenvalue weighted by Gasteiger charge is 2.25. The molecule has 0 aromatic heterocycles. The van der Waals surface area contributed by atoms with E-state index in [-0.39, 0.29) is 11.9 Å². The highest BCUT2D eigenvalue weighted by Crippen LogP contribution is 2.34. The van der Waals surface area contributed by atoms with Crippen molar-refractivity contribution in [2.75, 3.05) is 32.2 Å². The van der Waals surface area contributed by atoms with Crippen LogP contribution < -0.4 is 9.64 Å². The molecule has 1 aromatic rings. The fourth-order valence-electron chi connectivity index (χ4n) is 1.85. The predicted molar refractivity (Wildman–Crippen MR) is 56.0 cm³/mol. The topological polar surface area (TPSA) is 21.7 Å². The molecule has 0 bridgehead atoms. The predicted octanol–water partition coefficient (Wildman–Crippen LogP) is 1.67. The first-order valence-electron chi connectivity index (χ1n) is 4.87. The van der Waals surface area contributed by atoms with Gasteiger partial charge in [0.1, 0.15) is 23.4 Å². The molecular weight excluding hydrogens is 197 g/mol. The van der Waals surface area contributed by atoms with Crippen molar-refractivity contribution in [2.24, 2.45) is 0 Å². The Labute approximate surface area is 88.4 Å². The van der Waals surface area contributed by atoms with Gasteiger partial charge in [0.05, 0.1) is 13.2 Å². The van der Waals surface area contributed by atoms with E-state index in [4.69, 9.17) is 9.47 Å². The second-order valence-electron chi connectivity index (χ2n) is 3.66. The van der Waals surface area contributed by atoms with Crippen LogP contribution in [0.5, 0.6) is 5.75 Å². The third kappa shape index (κ3) is 1.90. The van der Waals surface area contributed by atoms with E-state index in [0.29, 0.717) is 24.6 Å². The number of likely N-dealkylation sites (N-methyl/N-ethyl adjacent to an activating group) is 1. The lowest BCUT2D eigenvalue weighted by Gasteiger charge is -2.33. The van der Waals surface area contributed by atoms with Gasteiger partial charge in [-0.2, -0.15) is 0 Å². The first kappa shape index (κ1) is 10.2. The molecular formula is C11H14FNO2. The molecule has 0 unspecified atom stereocenters. The van der Waals surface area contributed by atoms with Crippen molar-refractivity contribution < 1.29 is 13.9 Å². The molecule has 0 N–H and O–H groups in total. The largest absolute Gasteiger partial charge is 0.484 e. The lowest BCUT2D eigenvalue weighted by Crippen LogP contribution is -2.40. The maximum Gasteiger partial charge on any atom is 0.150 e. The first-order valence-corrected chi connectivity index (χ1v) is 4.87. The van der Waals surface area contributed by atoms with E-state index in [1.54, 1.807) is 19.2 Å². The van der Waals surface area contributed by atoms with E-state index >= 15 is 0 Å². The molecule has 0 aliphatic carbocycles. The number of fused-ring (bicyclic) bond motifs is 1. The van der Waals surface area contributed by atoms with E-state index in [9.17, 15) is 4.39 Å². The molecule has 0 amide bonds. The Kier molecular flexibility index (Phi) is 2.77. The highest BCUT2D eigenvalue weighted by molar-refractivity contribution is 5.60. The maximum atomic E-state index is 13.5. The summed E-state index contributed by atoms with van der Waals surface area (Å²) in [5.74, 6) is 0.344. The molecule has 2 rings (SSSR count). The Hall–Kier alpha value is -1.29. The van der Waals surface area contributed by atoms with Gasteiger partial charge < -0.3 is 14.4 Å². The zero-order chi connectivity index (χ0) is 10.8. The molecule has 1 heterocycles. The van der Waals surface area contributed by atoms with E-state index in [0.717, 1.165) is 0 Å². The van der Waals surface area contributed by atoms with E-state index in [1.807, 2.05) is 11.9 Å². The number of anilines is 1. The summed E-state index contributed by atoms with van der Waals surface area (Å²) in [5.41, 5.74) is 0.532. The van der Waals surface area contributed by atoms with Crippen molar-refractivity contribution in [3.63, 3.8) is 0 Å². The molecule has 1 aliphatic rings. The van der Waals surface area contributed by atoms with Crippen molar-refractivity contribution in [1.82, 2.24) is 0 Å². The van der Waals surface area contributed by atoms with Gasteiger partial charge in [-0.25, -0.2) is 4.39 Å². The number of hydrogen-bond donors (Lipinski definition) is 0. The minimum atomic E-state index is -0.245. The molecule has 82 valence electrons. The Morgan fingerprint density at radius 1 is 1.60 bits per heavy atom. The molecule has 3 nitrogen and oxygen atoms in total. The van der Waals surface area contributed by atoms with Crippen molar-refractivity contribution in [1.29, 1.82) is 0 Å². The fourth-order valence-corrected chi connectivity index (χ4v) is 1.85. The van der Waals surface area contributed by atoms with Gasteiger partial charge in [-0.3, -0.25) is 0 Å². The van der Waals surface area contributed by atoms with E-state index < -0.39 is 0 Å². The molecule has 1 atom stereocenters. The number of benzene rings is 1. The third-order valence-electron chi connectivity index (χ3n) is 2.46. The van der Waals surface area contributed by atoms with Gasteiger partial charge >= 0.3 is 0 Å². The zero-order valence-electron chi connectivity index (χ0n) is 8.87. The van der Waals surface area contributed by atoms with Gasteiger partial charge in [-0.1, -0.05) is 6.07 Å². The second kappa shape index (κ2) is 4.06. The summed E-state index contributed by atoms with van der Waals surface area (Å²) in [4.78, 5) is 1.86. The standard InChI is InChI=1S/C11H14FNO2/c1-13-6-8(7-14-2)15-10-5-3-4-9(12)11(10)13/h3-5,8H,6-7H2,1-2H3/t8-/m0/s1. The number of para-hydroxylation sites is 1. The lowest BCUT2D eigenvalue weighted by molar-refractivity contribution is 0.0796. The molecule has 0 saturated carbocycles. The van der Waals surface area contributed by atoms with Gasteiger partial charge in [-0.05, 0) is 12.1 Å². The number of ether oxygens (including phenoxy) is 2. The van der Waals surface area contributed by atoms with Crippen LogP contribution in [0.2, 0.25) is 0 Å². The average molecular weight is 211 g/mol. The van der Waals surface area contributed by atoms with Crippen LogP contribution in [0.15, 0.2) is 18.2 Å². The van der Waals surface area contributed by atoms with Crippen LogP contribution in [0.4, 0.5) is 10.1 Å². The highest BCUT2D eigenvalue weighted by atomic mass is 19.1. The Morgan fingerprint density at radius 3 is 3.13 bits per heavy atom. The van der Waals surface area contributed by atoms with Crippen LogP contribution in [0, 0.1) is 5.82 Å². The van der Waals surface area contributed by atoms with Crippen LogP contribution >= 0.6 is 0 Å². The minimum absolute atomic E-state index is 0.0331. The number of hydrogen-bond acceptors (Lipinski definition) is 3. The summed E-state index contributed by atoms with van der Waals surface area (Å²) >= 11 is 0.